The highest BCUT2D eigenvalue weighted by Gasteiger charge is 2.21. The molecule has 1 aromatic rings. The molecule has 1 aliphatic rings. The molecule has 0 amide bonds. The maximum atomic E-state index is 11.4. The fourth-order valence-electron chi connectivity index (χ4n) is 1.44. The van der Waals surface area contributed by atoms with Crippen molar-refractivity contribution in [2.75, 3.05) is 6.54 Å². The van der Waals surface area contributed by atoms with Crippen LogP contribution in [0.4, 0.5) is 0 Å². The van der Waals surface area contributed by atoms with Crippen LogP contribution in [0.15, 0.2) is 4.79 Å². The molecule has 68 valence electrons. The number of carbonyl (C=O) groups is 1. The molecule has 0 bridgehead atoms. The van der Waals surface area contributed by atoms with Crippen LogP contribution in [0.2, 0.25) is 0 Å². The van der Waals surface area contributed by atoms with Crippen molar-refractivity contribution in [2.45, 2.75) is 13.5 Å². The normalized spacial score (nSPS) is 15.6. The van der Waals surface area contributed by atoms with E-state index in [1.165, 1.54) is 0 Å². The highest BCUT2D eigenvalue weighted by molar-refractivity contribution is 5.99. The number of aromatic nitrogens is 2. The second-order valence-corrected chi connectivity index (χ2v) is 3.00. The van der Waals surface area contributed by atoms with Crippen molar-refractivity contribution in [3.63, 3.8) is 0 Å². The largest absolute Gasteiger partial charge is 0.310 e. The first-order chi connectivity index (χ1) is 6.18. The van der Waals surface area contributed by atoms with Crippen LogP contribution in [-0.2, 0) is 6.54 Å². The molecular weight excluding hydrogens is 170 g/mol. The monoisotopic (exact) mass is 179 g/mol. The van der Waals surface area contributed by atoms with E-state index in [9.17, 15) is 9.59 Å². The standard InChI is InChI=1S/C8H9N3O2/c1-4-10-5-2-9-3-6(12)7(5)8(13)11-4/h9H,2-3H2,1H3,(H,10,11,13). The molecular formula is C8H9N3O2. The lowest BCUT2D eigenvalue weighted by Gasteiger charge is -2.13. The summed E-state index contributed by atoms with van der Waals surface area (Å²) in [5, 5.41) is 2.88. The summed E-state index contributed by atoms with van der Waals surface area (Å²) < 4.78 is 0. The number of rotatable bonds is 0. The van der Waals surface area contributed by atoms with Gasteiger partial charge in [0, 0.05) is 6.54 Å². The Bertz CT molecular complexity index is 422. The molecule has 0 aromatic carbocycles. The number of fused-ring (bicyclic) bond motifs is 1. The van der Waals surface area contributed by atoms with Crippen molar-refractivity contribution in [3.05, 3.63) is 27.4 Å². The molecule has 2 N–H and O–H groups in total. The Balaban J connectivity index is 2.70. The number of hydrogen-bond acceptors (Lipinski definition) is 4. The van der Waals surface area contributed by atoms with Gasteiger partial charge in [0.05, 0.1) is 12.2 Å². The van der Waals surface area contributed by atoms with Crippen LogP contribution in [-0.4, -0.2) is 22.3 Å². The highest BCUT2D eigenvalue weighted by atomic mass is 16.1. The van der Waals surface area contributed by atoms with Crippen LogP contribution in [0.5, 0.6) is 0 Å². The van der Waals surface area contributed by atoms with Crippen molar-refractivity contribution in [2.24, 2.45) is 0 Å². The fourth-order valence-corrected chi connectivity index (χ4v) is 1.44. The number of carbonyl (C=O) groups excluding carboxylic acids is 1. The smallest absolute Gasteiger partial charge is 0.262 e. The van der Waals surface area contributed by atoms with E-state index in [1.807, 2.05) is 0 Å². The summed E-state index contributed by atoms with van der Waals surface area (Å²) in [4.78, 5) is 29.2. The molecule has 0 radical (unpaired) electrons. The van der Waals surface area contributed by atoms with Crippen LogP contribution in [0.1, 0.15) is 21.9 Å². The first-order valence-electron chi connectivity index (χ1n) is 4.02. The van der Waals surface area contributed by atoms with E-state index in [4.69, 9.17) is 0 Å². The minimum Gasteiger partial charge on any atom is -0.310 e. The zero-order valence-corrected chi connectivity index (χ0v) is 7.18. The average Bonchev–Trinajstić information content (AvgIpc) is 2.02. The number of aryl methyl sites for hydroxylation is 1. The summed E-state index contributed by atoms with van der Waals surface area (Å²) in [5.74, 6) is 0.357. The number of hydrogen-bond donors (Lipinski definition) is 2. The second-order valence-electron chi connectivity index (χ2n) is 3.00. The molecule has 2 heterocycles. The molecule has 0 unspecified atom stereocenters. The molecule has 1 aromatic heterocycles. The maximum Gasteiger partial charge on any atom is 0.262 e. The van der Waals surface area contributed by atoms with Gasteiger partial charge in [0.15, 0.2) is 5.78 Å². The summed E-state index contributed by atoms with van der Waals surface area (Å²) in [6.07, 6.45) is 0. The Morgan fingerprint density at radius 2 is 2.08 bits per heavy atom. The molecule has 5 heteroatoms. The Kier molecular flexibility index (Phi) is 1.73. The Hall–Kier alpha value is -1.49. The summed E-state index contributed by atoms with van der Waals surface area (Å²) in [6.45, 7) is 2.41. The quantitative estimate of drug-likeness (QED) is 0.555. The topological polar surface area (TPSA) is 74.8 Å². The van der Waals surface area contributed by atoms with Crippen molar-refractivity contribution < 1.29 is 4.79 Å². The minimum absolute atomic E-state index is 0.185. The molecule has 0 spiro atoms. The Morgan fingerprint density at radius 1 is 1.31 bits per heavy atom. The van der Waals surface area contributed by atoms with Gasteiger partial charge in [-0.1, -0.05) is 0 Å². The second kappa shape index (κ2) is 2.77. The predicted octanol–water partition coefficient (Wildman–Crippen LogP) is -0.636. The van der Waals surface area contributed by atoms with E-state index >= 15 is 0 Å². The molecule has 0 saturated heterocycles. The van der Waals surface area contributed by atoms with Crippen molar-refractivity contribution in [3.8, 4) is 0 Å². The zero-order valence-electron chi connectivity index (χ0n) is 7.18. The maximum absolute atomic E-state index is 11.4. The van der Waals surface area contributed by atoms with Crippen molar-refractivity contribution >= 4 is 5.78 Å². The number of nitrogens with zero attached hydrogens (tertiary/aromatic N) is 1. The number of aromatic amines is 1. The summed E-state index contributed by atoms with van der Waals surface area (Å²) in [5.41, 5.74) is 0.441. The van der Waals surface area contributed by atoms with E-state index in [2.05, 4.69) is 15.3 Å². The van der Waals surface area contributed by atoms with E-state index in [0.29, 0.717) is 18.1 Å². The van der Waals surface area contributed by atoms with Gasteiger partial charge in [0.1, 0.15) is 11.4 Å². The van der Waals surface area contributed by atoms with Gasteiger partial charge < -0.3 is 10.3 Å². The molecule has 1 aliphatic heterocycles. The molecule has 5 nitrogen and oxygen atoms in total. The summed E-state index contributed by atoms with van der Waals surface area (Å²) >= 11 is 0. The SMILES string of the molecule is Cc1nc2c(c(=O)[nH]1)C(=O)CNC2. The number of H-pyrrole nitrogens is 1. The van der Waals surface area contributed by atoms with E-state index in [-0.39, 0.29) is 23.5 Å². The Morgan fingerprint density at radius 3 is 2.85 bits per heavy atom. The van der Waals surface area contributed by atoms with Crippen molar-refractivity contribution in [1.82, 2.24) is 15.3 Å². The van der Waals surface area contributed by atoms with Gasteiger partial charge in [-0.2, -0.15) is 0 Å². The van der Waals surface area contributed by atoms with E-state index < -0.39 is 0 Å². The van der Waals surface area contributed by atoms with E-state index in [1.54, 1.807) is 6.92 Å². The van der Waals surface area contributed by atoms with Crippen LogP contribution < -0.4 is 10.9 Å². The predicted molar refractivity (Wildman–Crippen MR) is 45.6 cm³/mol. The van der Waals surface area contributed by atoms with Gasteiger partial charge in [0.2, 0.25) is 0 Å². The van der Waals surface area contributed by atoms with Gasteiger partial charge >= 0.3 is 0 Å². The van der Waals surface area contributed by atoms with Crippen molar-refractivity contribution in [1.29, 1.82) is 0 Å². The summed E-state index contributed by atoms with van der Waals surface area (Å²) in [6, 6.07) is 0. The zero-order chi connectivity index (χ0) is 9.42. The molecule has 0 saturated carbocycles. The van der Waals surface area contributed by atoms with Crippen LogP contribution in [0.25, 0.3) is 0 Å². The summed E-state index contributed by atoms with van der Waals surface area (Å²) in [7, 11) is 0. The third-order valence-electron chi connectivity index (χ3n) is 1.97. The molecule has 2 rings (SSSR count). The Labute approximate surface area is 74.2 Å². The molecule has 0 aliphatic carbocycles. The van der Waals surface area contributed by atoms with Crippen LogP contribution in [0, 0.1) is 6.92 Å². The van der Waals surface area contributed by atoms with Gasteiger partial charge in [0.25, 0.3) is 5.56 Å². The molecule has 13 heavy (non-hydrogen) atoms. The highest BCUT2D eigenvalue weighted by Crippen LogP contribution is 2.05. The minimum atomic E-state index is -0.325. The van der Waals surface area contributed by atoms with E-state index in [0.717, 1.165) is 0 Å². The van der Waals surface area contributed by atoms with Crippen LogP contribution >= 0.6 is 0 Å². The van der Waals surface area contributed by atoms with Gasteiger partial charge in [-0.3, -0.25) is 9.59 Å². The lowest BCUT2D eigenvalue weighted by Crippen LogP contribution is -2.36. The molecule has 0 fully saturated rings. The number of nitrogens with one attached hydrogen (secondary N) is 2. The number of ketones is 1. The van der Waals surface area contributed by atoms with Crippen LogP contribution in [0.3, 0.4) is 0 Å². The fraction of sp³-hybridized carbons (Fsp3) is 0.375. The third-order valence-corrected chi connectivity index (χ3v) is 1.97. The first-order valence-corrected chi connectivity index (χ1v) is 4.02. The van der Waals surface area contributed by atoms with Gasteiger partial charge in [-0.15, -0.1) is 0 Å². The lowest BCUT2D eigenvalue weighted by atomic mass is 10.1. The first kappa shape index (κ1) is 8.12. The molecule has 0 atom stereocenters. The average molecular weight is 179 g/mol. The lowest BCUT2D eigenvalue weighted by molar-refractivity contribution is 0.0979. The number of Topliss-reactive ketones (excluding diaryl/α,β-unsaturated/α-hetero) is 1. The van der Waals surface area contributed by atoms with Gasteiger partial charge in [-0.05, 0) is 6.92 Å². The third kappa shape index (κ3) is 1.27. The van der Waals surface area contributed by atoms with Gasteiger partial charge in [-0.25, -0.2) is 4.98 Å².